The molecule has 17 heavy (non-hydrogen) atoms. The van der Waals surface area contributed by atoms with Gasteiger partial charge in [0.05, 0.1) is 0 Å². The van der Waals surface area contributed by atoms with E-state index in [2.05, 4.69) is 15.2 Å². The van der Waals surface area contributed by atoms with Crippen molar-refractivity contribution in [1.82, 2.24) is 20.1 Å². The second-order valence-corrected chi connectivity index (χ2v) is 5.45. The number of nitrogens with one attached hydrogen (secondary N) is 1. The van der Waals surface area contributed by atoms with Crippen molar-refractivity contribution < 1.29 is 4.79 Å². The van der Waals surface area contributed by atoms with Crippen molar-refractivity contribution in [3.8, 4) is 0 Å². The first kappa shape index (κ1) is 10.7. The summed E-state index contributed by atoms with van der Waals surface area (Å²) in [5, 5.41) is 6.34. The first-order valence-corrected chi connectivity index (χ1v) is 6.35. The topological polar surface area (TPSA) is 61.9 Å². The van der Waals surface area contributed by atoms with Crippen LogP contribution in [0.15, 0.2) is 6.33 Å². The fourth-order valence-corrected chi connectivity index (χ4v) is 3.52. The SMILES string of the molecule is CN(CC1CC2CCC1C2)C(=O)c1ncn[nH]1. The first-order valence-electron chi connectivity index (χ1n) is 6.35. The van der Waals surface area contributed by atoms with Gasteiger partial charge in [-0.3, -0.25) is 9.89 Å². The number of aromatic amines is 1. The Labute approximate surface area is 101 Å². The standard InChI is InChI=1S/C12H18N4O/c1-16(12(17)11-13-7-14-15-11)6-10-5-8-2-3-9(10)4-8/h7-10H,2-6H2,1H3,(H,13,14,15). The van der Waals surface area contributed by atoms with Gasteiger partial charge in [0.25, 0.3) is 5.91 Å². The van der Waals surface area contributed by atoms with Crippen LogP contribution in [0.5, 0.6) is 0 Å². The molecule has 0 aromatic carbocycles. The molecule has 2 aliphatic carbocycles. The Bertz CT molecular complexity index is 403. The molecule has 2 fully saturated rings. The monoisotopic (exact) mass is 234 g/mol. The maximum absolute atomic E-state index is 12.0. The zero-order chi connectivity index (χ0) is 11.8. The van der Waals surface area contributed by atoms with Gasteiger partial charge in [-0.2, -0.15) is 5.10 Å². The van der Waals surface area contributed by atoms with Gasteiger partial charge in [-0.25, -0.2) is 4.98 Å². The van der Waals surface area contributed by atoms with Crippen LogP contribution < -0.4 is 0 Å². The summed E-state index contributed by atoms with van der Waals surface area (Å²) in [4.78, 5) is 17.7. The largest absolute Gasteiger partial charge is 0.339 e. The fraction of sp³-hybridized carbons (Fsp3) is 0.750. The summed E-state index contributed by atoms with van der Waals surface area (Å²) in [7, 11) is 1.86. The predicted octanol–water partition coefficient (Wildman–Crippen LogP) is 1.31. The van der Waals surface area contributed by atoms with Crippen LogP contribution in [0.1, 0.15) is 36.3 Å². The van der Waals surface area contributed by atoms with Gasteiger partial charge in [-0.15, -0.1) is 0 Å². The third kappa shape index (κ3) is 1.94. The summed E-state index contributed by atoms with van der Waals surface area (Å²) in [6.45, 7) is 0.862. The molecular weight excluding hydrogens is 216 g/mol. The number of aromatic nitrogens is 3. The molecule has 1 amide bonds. The van der Waals surface area contributed by atoms with E-state index < -0.39 is 0 Å². The van der Waals surface area contributed by atoms with Crippen molar-refractivity contribution in [3.05, 3.63) is 12.2 Å². The highest BCUT2D eigenvalue weighted by Crippen LogP contribution is 2.48. The molecule has 1 N–H and O–H groups in total. The summed E-state index contributed by atoms with van der Waals surface area (Å²) in [6, 6.07) is 0. The molecule has 3 atom stereocenters. The number of hydrogen-bond acceptors (Lipinski definition) is 3. The summed E-state index contributed by atoms with van der Waals surface area (Å²) in [5.74, 6) is 2.77. The van der Waals surface area contributed by atoms with Gasteiger partial charge < -0.3 is 4.90 Å². The highest BCUT2D eigenvalue weighted by Gasteiger charge is 2.40. The molecular formula is C12H18N4O. The lowest BCUT2D eigenvalue weighted by Gasteiger charge is -2.26. The van der Waals surface area contributed by atoms with E-state index in [1.807, 2.05) is 7.05 Å². The Morgan fingerprint density at radius 2 is 2.41 bits per heavy atom. The molecule has 0 saturated heterocycles. The fourth-order valence-electron chi connectivity index (χ4n) is 3.52. The maximum atomic E-state index is 12.0. The van der Waals surface area contributed by atoms with Crippen LogP contribution in [0.25, 0.3) is 0 Å². The quantitative estimate of drug-likeness (QED) is 0.857. The van der Waals surface area contributed by atoms with Crippen LogP contribution in [-0.4, -0.2) is 39.6 Å². The van der Waals surface area contributed by atoms with Gasteiger partial charge in [0.1, 0.15) is 6.33 Å². The van der Waals surface area contributed by atoms with E-state index in [-0.39, 0.29) is 5.91 Å². The van der Waals surface area contributed by atoms with E-state index in [1.165, 1.54) is 32.0 Å². The Hall–Kier alpha value is -1.39. The second kappa shape index (κ2) is 4.13. The Morgan fingerprint density at radius 3 is 3.00 bits per heavy atom. The van der Waals surface area contributed by atoms with Crippen LogP contribution in [0.4, 0.5) is 0 Å². The molecule has 5 nitrogen and oxygen atoms in total. The lowest BCUT2D eigenvalue weighted by Crippen LogP contribution is -2.34. The molecule has 1 heterocycles. The number of fused-ring (bicyclic) bond motifs is 2. The van der Waals surface area contributed by atoms with Crippen LogP contribution >= 0.6 is 0 Å². The van der Waals surface area contributed by atoms with Crippen LogP contribution in [0.2, 0.25) is 0 Å². The molecule has 1 aromatic heterocycles. The second-order valence-electron chi connectivity index (χ2n) is 5.45. The van der Waals surface area contributed by atoms with Crippen molar-refractivity contribution in [1.29, 1.82) is 0 Å². The smallest absolute Gasteiger partial charge is 0.290 e. The number of carbonyl (C=O) groups is 1. The molecule has 3 unspecified atom stereocenters. The molecule has 2 aliphatic rings. The van der Waals surface area contributed by atoms with Crippen LogP contribution in [0, 0.1) is 17.8 Å². The molecule has 92 valence electrons. The third-order valence-corrected chi connectivity index (χ3v) is 4.36. The predicted molar refractivity (Wildman–Crippen MR) is 62.3 cm³/mol. The van der Waals surface area contributed by atoms with Crippen LogP contribution in [-0.2, 0) is 0 Å². The minimum absolute atomic E-state index is 0.0507. The summed E-state index contributed by atoms with van der Waals surface area (Å²) in [6.07, 6.45) is 6.83. The summed E-state index contributed by atoms with van der Waals surface area (Å²) in [5.41, 5.74) is 0. The van der Waals surface area contributed by atoms with Gasteiger partial charge in [-0.1, -0.05) is 6.42 Å². The first-order chi connectivity index (χ1) is 8.24. The molecule has 2 saturated carbocycles. The molecule has 3 rings (SSSR count). The lowest BCUT2D eigenvalue weighted by atomic mass is 9.88. The Morgan fingerprint density at radius 1 is 1.53 bits per heavy atom. The molecule has 0 spiro atoms. The van der Waals surface area contributed by atoms with Crippen molar-refractivity contribution in [2.24, 2.45) is 17.8 Å². The molecule has 5 heteroatoms. The van der Waals surface area contributed by atoms with E-state index in [4.69, 9.17) is 0 Å². The Balaban J connectivity index is 1.60. The number of nitrogens with zero attached hydrogens (tertiary/aromatic N) is 3. The van der Waals surface area contributed by atoms with Crippen molar-refractivity contribution in [3.63, 3.8) is 0 Å². The Kier molecular flexibility index (Phi) is 2.61. The van der Waals surface area contributed by atoms with Crippen molar-refractivity contribution in [2.75, 3.05) is 13.6 Å². The summed E-state index contributed by atoms with van der Waals surface area (Å²) >= 11 is 0. The van der Waals surface area contributed by atoms with E-state index in [0.717, 1.165) is 18.4 Å². The number of rotatable bonds is 3. The molecule has 0 radical (unpaired) electrons. The van der Waals surface area contributed by atoms with E-state index in [9.17, 15) is 4.79 Å². The number of carbonyl (C=O) groups excluding carboxylic acids is 1. The average molecular weight is 234 g/mol. The van der Waals surface area contributed by atoms with E-state index in [1.54, 1.807) is 4.90 Å². The zero-order valence-electron chi connectivity index (χ0n) is 10.1. The summed E-state index contributed by atoms with van der Waals surface area (Å²) < 4.78 is 0. The maximum Gasteiger partial charge on any atom is 0.290 e. The normalized spacial score (nSPS) is 30.8. The minimum Gasteiger partial charge on any atom is -0.339 e. The van der Waals surface area contributed by atoms with Gasteiger partial charge >= 0.3 is 0 Å². The van der Waals surface area contributed by atoms with E-state index in [0.29, 0.717) is 11.7 Å². The molecule has 1 aromatic rings. The van der Waals surface area contributed by atoms with Gasteiger partial charge in [-0.05, 0) is 37.0 Å². The minimum atomic E-state index is -0.0507. The molecule has 2 bridgehead atoms. The van der Waals surface area contributed by atoms with Crippen LogP contribution in [0.3, 0.4) is 0 Å². The third-order valence-electron chi connectivity index (χ3n) is 4.36. The molecule has 0 aliphatic heterocycles. The average Bonchev–Trinajstić information content (AvgIpc) is 3.04. The van der Waals surface area contributed by atoms with Gasteiger partial charge in [0.15, 0.2) is 0 Å². The number of H-pyrrole nitrogens is 1. The van der Waals surface area contributed by atoms with E-state index >= 15 is 0 Å². The highest BCUT2D eigenvalue weighted by molar-refractivity contribution is 5.90. The highest BCUT2D eigenvalue weighted by atomic mass is 16.2. The van der Waals surface area contributed by atoms with Crippen molar-refractivity contribution in [2.45, 2.75) is 25.7 Å². The van der Waals surface area contributed by atoms with Gasteiger partial charge in [0, 0.05) is 13.6 Å². The number of hydrogen-bond donors (Lipinski definition) is 1. The number of amides is 1. The van der Waals surface area contributed by atoms with Gasteiger partial charge in [0.2, 0.25) is 5.82 Å². The lowest BCUT2D eigenvalue weighted by molar-refractivity contribution is 0.0742. The zero-order valence-corrected chi connectivity index (χ0v) is 10.1. The van der Waals surface area contributed by atoms with Crippen molar-refractivity contribution >= 4 is 5.91 Å².